The van der Waals surface area contributed by atoms with E-state index in [0.29, 0.717) is 22.5 Å². The predicted molar refractivity (Wildman–Crippen MR) is 181 cm³/mol. The van der Waals surface area contributed by atoms with Crippen LogP contribution in [0.5, 0.6) is 0 Å². The van der Waals surface area contributed by atoms with Gasteiger partial charge in [-0.3, -0.25) is 19.3 Å². The Morgan fingerprint density at radius 2 is 1.60 bits per heavy atom. The minimum atomic E-state index is -1.80. The van der Waals surface area contributed by atoms with Gasteiger partial charge in [0.05, 0.1) is 13.0 Å². The third-order valence-electron chi connectivity index (χ3n) is 7.69. The van der Waals surface area contributed by atoms with Crippen LogP contribution in [0.1, 0.15) is 56.4 Å². The lowest BCUT2D eigenvalue weighted by Gasteiger charge is -2.56. The van der Waals surface area contributed by atoms with Gasteiger partial charge in [0.25, 0.3) is 11.6 Å². The number of nitrogens with one attached hydrogen (secondary N) is 2. The van der Waals surface area contributed by atoms with Gasteiger partial charge in [0, 0.05) is 25.4 Å². The molecule has 3 heterocycles. The van der Waals surface area contributed by atoms with E-state index in [2.05, 4.69) is 10.6 Å². The number of carbonyl (C=O) groups is 5. The van der Waals surface area contributed by atoms with E-state index >= 15 is 0 Å². The van der Waals surface area contributed by atoms with E-state index in [9.17, 15) is 24.0 Å². The number of hydrogen-bond donors (Lipinski definition) is 2. The quantitative estimate of drug-likeness (QED) is 0.119. The monoisotopic (exact) mass is 705 g/mol. The highest BCUT2D eigenvalue weighted by Crippen LogP contribution is 2.47. The number of fused-ring (bicyclic) bond motifs is 1. The molecule has 0 spiro atoms. The lowest BCUT2D eigenvalue weighted by atomic mass is 9.97. The minimum absolute atomic E-state index is 0.0426. The van der Waals surface area contributed by atoms with Crippen molar-refractivity contribution in [3.05, 3.63) is 107 Å². The molecule has 2 atom stereocenters. The van der Waals surface area contributed by atoms with Gasteiger partial charge < -0.3 is 34.0 Å². The van der Waals surface area contributed by atoms with Crippen LogP contribution in [0.25, 0.3) is 0 Å². The summed E-state index contributed by atoms with van der Waals surface area (Å²) >= 11 is 1.24. The first kappa shape index (κ1) is 36.2. The molecule has 50 heavy (non-hydrogen) atoms. The maximum absolute atomic E-state index is 14.1. The molecule has 0 saturated carbocycles. The van der Waals surface area contributed by atoms with Crippen molar-refractivity contribution >= 4 is 41.6 Å². The molecule has 2 aromatic carbocycles. The number of β-lactam (4-membered cyclic amide) rings is 1. The zero-order valence-electron chi connectivity index (χ0n) is 28.3. The second-order valence-corrected chi connectivity index (χ2v) is 13.6. The van der Waals surface area contributed by atoms with Crippen LogP contribution in [-0.4, -0.2) is 70.9 Å². The predicted octanol–water partition coefficient (Wildman–Crippen LogP) is 4.37. The topological polar surface area (TPSA) is 163 Å². The summed E-state index contributed by atoms with van der Waals surface area (Å²) in [5, 5.41) is 4.44. The summed E-state index contributed by atoms with van der Waals surface area (Å²) in [5.41, 5.74) is -0.735. The van der Waals surface area contributed by atoms with Crippen LogP contribution >= 0.6 is 11.8 Å². The maximum Gasteiger partial charge on any atom is 0.408 e. The molecule has 0 aliphatic carbocycles. The number of carbonyl (C=O) groups excluding carboxylic acids is 5. The number of ether oxygens (including phenoxy) is 4. The third kappa shape index (κ3) is 8.20. The van der Waals surface area contributed by atoms with Crippen molar-refractivity contribution in [3.8, 4) is 0 Å². The molecule has 5 rings (SSSR count). The van der Waals surface area contributed by atoms with Crippen molar-refractivity contribution < 1.29 is 47.3 Å². The number of esters is 2. The molecule has 1 fully saturated rings. The average Bonchev–Trinajstić information content (AvgIpc) is 3.53. The van der Waals surface area contributed by atoms with Crippen molar-refractivity contribution in [1.29, 1.82) is 0 Å². The van der Waals surface area contributed by atoms with Gasteiger partial charge in [-0.2, -0.15) is 0 Å². The largest absolute Gasteiger partial charge is 0.464 e. The number of rotatable bonds is 12. The first-order valence-corrected chi connectivity index (χ1v) is 16.9. The summed E-state index contributed by atoms with van der Waals surface area (Å²) in [6, 6.07) is 21.5. The maximum atomic E-state index is 14.1. The minimum Gasteiger partial charge on any atom is -0.464 e. The molecule has 0 bridgehead atoms. The van der Waals surface area contributed by atoms with E-state index in [0.717, 1.165) is 0 Å². The first-order valence-electron chi connectivity index (χ1n) is 15.8. The summed E-state index contributed by atoms with van der Waals surface area (Å²) in [6.45, 7) is 6.30. The van der Waals surface area contributed by atoms with Gasteiger partial charge in [0.2, 0.25) is 5.91 Å². The van der Waals surface area contributed by atoms with Gasteiger partial charge in [0.1, 0.15) is 34.8 Å². The highest BCUT2D eigenvalue weighted by Gasteiger charge is 2.67. The lowest BCUT2D eigenvalue weighted by Crippen LogP contribution is -2.80. The molecule has 0 unspecified atom stereocenters. The number of benzene rings is 2. The smallest absolute Gasteiger partial charge is 0.408 e. The molecule has 2 N–H and O–H groups in total. The van der Waals surface area contributed by atoms with E-state index in [4.69, 9.17) is 23.4 Å². The fraction of sp³-hybridized carbons (Fsp3) is 0.361. The number of alkyl carbamates (subject to hydrolysis) is 1. The zero-order valence-corrected chi connectivity index (χ0v) is 29.2. The Hall–Kier alpha value is -5.08. The SMILES string of the molecule is CO[C@@]1(NC(=O)Cc2ccc(CNC(=O)OC(C)(C)C)o2)C(=O)N2C(C(=O)OC(c3ccccc3)c3ccccc3)=C(COC(C)=O)CS[C@@H]21. The molecule has 1 saturated heterocycles. The van der Waals surface area contributed by atoms with Gasteiger partial charge in [0.15, 0.2) is 6.10 Å². The van der Waals surface area contributed by atoms with Crippen molar-refractivity contribution in [2.24, 2.45) is 0 Å². The molecule has 2 aliphatic rings. The Morgan fingerprint density at radius 1 is 0.980 bits per heavy atom. The molecule has 1 aromatic heterocycles. The van der Waals surface area contributed by atoms with E-state index < -0.39 is 52.7 Å². The van der Waals surface area contributed by atoms with Gasteiger partial charge in [-0.05, 0) is 44.0 Å². The van der Waals surface area contributed by atoms with Gasteiger partial charge in [-0.1, -0.05) is 60.7 Å². The molecule has 3 aromatic rings. The molecule has 0 radical (unpaired) electrons. The Labute approximate surface area is 293 Å². The van der Waals surface area contributed by atoms with Crippen molar-refractivity contribution in [2.75, 3.05) is 19.5 Å². The summed E-state index contributed by atoms with van der Waals surface area (Å²) in [4.78, 5) is 66.2. The van der Waals surface area contributed by atoms with Crippen molar-refractivity contribution in [3.63, 3.8) is 0 Å². The van der Waals surface area contributed by atoms with Crippen LogP contribution in [0.3, 0.4) is 0 Å². The molecule has 13 nitrogen and oxygen atoms in total. The van der Waals surface area contributed by atoms with Crippen LogP contribution in [0.15, 0.2) is 88.5 Å². The third-order valence-corrected chi connectivity index (χ3v) is 9.06. The fourth-order valence-electron chi connectivity index (χ4n) is 5.47. The van der Waals surface area contributed by atoms with E-state index in [1.807, 2.05) is 60.7 Å². The first-order chi connectivity index (χ1) is 23.8. The molecular formula is C36H39N3O10S. The van der Waals surface area contributed by atoms with Gasteiger partial charge >= 0.3 is 18.0 Å². The average molecular weight is 706 g/mol. The zero-order chi connectivity index (χ0) is 36.1. The molecular weight excluding hydrogens is 666 g/mol. The van der Waals surface area contributed by atoms with Crippen LogP contribution < -0.4 is 10.6 Å². The molecule has 264 valence electrons. The van der Waals surface area contributed by atoms with E-state index in [-0.39, 0.29) is 36.8 Å². The highest BCUT2D eigenvalue weighted by molar-refractivity contribution is 8.00. The Balaban J connectivity index is 1.33. The van der Waals surface area contributed by atoms with Crippen LogP contribution in [-0.2, 0) is 51.1 Å². The molecule has 3 amide bonds. The van der Waals surface area contributed by atoms with Gasteiger partial charge in [-0.15, -0.1) is 11.8 Å². The number of furan rings is 1. The Morgan fingerprint density at radius 3 is 2.18 bits per heavy atom. The molecule has 2 aliphatic heterocycles. The number of amides is 3. The number of nitrogens with zero attached hydrogens (tertiary/aromatic N) is 1. The van der Waals surface area contributed by atoms with Crippen molar-refractivity contribution in [2.45, 2.75) is 63.5 Å². The number of methoxy groups -OCH3 is 1. The second kappa shape index (κ2) is 15.2. The number of thioether (sulfide) groups is 1. The summed E-state index contributed by atoms with van der Waals surface area (Å²) in [7, 11) is 1.29. The van der Waals surface area contributed by atoms with Crippen LogP contribution in [0.4, 0.5) is 4.79 Å². The second-order valence-electron chi connectivity index (χ2n) is 12.6. The highest BCUT2D eigenvalue weighted by atomic mass is 32.2. The summed E-state index contributed by atoms with van der Waals surface area (Å²) in [6.07, 6.45) is -1.65. The summed E-state index contributed by atoms with van der Waals surface area (Å²) < 4.78 is 27.9. The van der Waals surface area contributed by atoms with E-state index in [1.165, 1.54) is 30.7 Å². The van der Waals surface area contributed by atoms with Crippen LogP contribution in [0, 0.1) is 0 Å². The fourth-order valence-corrected chi connectivity index (χ4v) is 6.89. The van der Waals surface area contributed by atoms with Crippen LogP contribution in [0.2, 0.25) is 0 Å². The molecule has 14 heteroatoms. The van der Waals surface area contributed by atoms with E-state index in [1.54, 1.807) is 32.9 Å². The standard InChI is InChI=1S/C36H39N3O10S/c1-22(40)46-20-25-21-50-33-36(45-5,38-28(41)18-26-16-17-27(47-26)19-37-34(44)49-35(2,3)4)32(43)39(33)29(25)31(42)48-30(23-12-8-6-9-13-23)24-14-10-7-11-15-24/h6-17,30,33H,18-21H2,1-5H3,(H,37,44)(H,38,41)/t33-,36+/m1/s1. The normalized spacial score (nSPS) is 18.6. The Kier molecular flexibility index (Phi) is 11.0. The lowest BCUT2D eigenvalue weighted by molar-refractivity contribution is -0.193. The summed E-state index contributed by atoms with van der Waals surface area (Å²) in [5.74, 6) is -1.77. The Bertz CT molecular complexity index is 1730. The van der Waals surface area contributed by atoms with Gasteiger partial charge in [-0.25, -0.2) is 9.59 Å². The van der Waals surface area contributed by atoms with Crippen molar-refractivity contribution in [1.82, 2.24) is 15.5 Å². The number of hydrogen-bond acceptors (Lipinski definition) is 11.